The van der Waals surface area contributed by atoms with E-state index in [-0.39, 0.29) is 5.91 Å². The van der Waals surface area contributed by atoms with Gasteiger partial charge in [-0.15, -0.1) is 0 Å². The molecular weight excluding hydrogens is 380 g/mol. The van der Waals surface area contributed by atoms with Gasteiger partial charge in [0.1, 0.15) is 12.4 Å². The second-order valence-electron chi connectivity index (χ2n) is 6.53. The van der Waals surface area contributed by atoms with E-state index < -0.39 is 6.10 Å². The molecule has 30 heavy (non-hydrogen) atoms. The average molecular weight is 402 g/mol. The lowest BCUT2D eigenvalue weighted by atomic mass is 10.2. The zero-order chi connectivity index (χ0) is 21.3. The summed E-state index contributed by atoms with van der Waals surface area (Å²) in [5.74, 6) is 1.19. The van der Waals surface area contributed by atoms with Crippen molar-refractivity contribution in [2.24, 2.45) is 0 Å². The van der Waals surface area contributed by atoms with E-state index in [0.29, 0.717) is 35.1 Å². The largest absolute Gasteiger partial charge is 0.493 e. The predicted octanol–water partition coefficient (Wildman–Crippen LogP) is 4.55. The topological polar surface area (TPSA) is 80.6 Å². The number of benzene rings is 3. The zero-order valence-electron chi connectivity index (χ0n) is 16.8. The van der Waals surface area contributed by atoms with Gasteiger partial charge in [0.25, 0.3) is 5.91 Å². The molecule has 152 valence electrons. The second kappa shape index (κ2) is 9.99. The molecule has 3 aromatic rings. The van der Waals surface area contributed by atoms with Crippen LogP contribution < -0.4 is 19.5 Å². The van der Waals surface area contributed by atoms with Gasteiger partial charge in [-0.3, -0.25) is 4.79 Å². The molecule has 0 heterocycles. The Morgan fingerprint density at radius 3 is 2.43 bits per heavy atom. The Hall–Kier alpha value is -3.98. The molecule has 1 amide bonds. The number of ether oxygens (including phenoxy) is 3. The standard InChI is InChI=1S/C24H22N2O4/c1-17(30-22-13-8-19(15-25)14-23(22)28-2)24(27)26-20-9-11-21(12-10-20)29-16-18-6-4-3-5-7-18/h3-14,17H,16H2,1-2H3,(H,26,27). The number of anilines is 1. The number of amides is 1. The molecule has 3 aromatic carbocycles. The van der Waals surface area contributed by atoms with Gasteiger partial charge in [0.2, 0.25) is 0 Å². The van der Waals surface area contributed by atoms with Gasteiger partial charge in [-0.25, -0.2) is 0 Å². The Labute approximate surface area is 175 Å². The molecule has 6 nitrogen and oxygen atoms in total. The highest BCUT2D eigenvalue weighted by atomic mass is 16.5. The Balaban J connectivity index is 1.55. The van der Waals surface area contributed by atoms with Gasteiger partial charge in [0.15, 0.2) is 17.6 Å². The first-order valence-corrected chi connectivity index (χ1v) is 9.41. The molecular formula is C24H22N2O4. The highest BCUT2D eigenvalue weighted by Gasteiger charge is 2.17. The van der Waals surface area contributed by atoms with Gasteiger partial charge in [-0.2, -0.15) is 5.26 Å². The molecule has 0 fully saturated rings. The fraction of sp³-hybridized carbons (Fsp3) is 0.167. The molecule has 0 saturated carbocycles. The summed E-state index contributed by atoms with van der Waals surface area (Å²) in [7, 11) is 1.48. The first-order chi connectivity index (χ1) is 14.6. The van der Waals surface area contributed by atoms with Crippen molar-refractivity contribution >= 4 is 11.6 Å². The number of hydrogen-bond donors (Lipinski definition) is 1. The van der Waals surface area contributed by atoms with Crippen LogP contribution in [0.3, 0.4) is 0 Å². The van der Waals surface area contributed by atoms with Crippen molar-refractivity contribution in [3.05, 3.63) is 83.9 Å². The van der Waals surface area contributed by atoms with Crippen LogP contribution in [0.4, 0.5) is 5.69 Å². The molecule has 0 aliphatic carbocycles. The molecule has 3 rings (SSSR count). The minimum atomic E-state index is -0.763. The van der Waals surface area contributed by atoms with Crippen LogP contribution in [-0.4, -0.2) is 19.1 Å². The van der Waals surface area contributed by atoms with Gasteiger partial charge in [-0.1, -0.05) is 30.3 Å². The number of carbonyl (C=O) groups excluding carboxylic acids is 1. The minimum Gasteiger partial charge on any atom is -0.493 e. The summed E-state index contributed by atoms with van der Waals surface area (Å²) in [4.78, 5) is 12.5. The fourth-order valence-electron chi connectivity index (χ4n) is 2.70. The molecule has 0 spiro atoms. The molecule has 1 atom stereocenters. The predicted molar refractivity (Wildman–Crippen MR) is 114 cm³/mol. The lowest BCUT2D eigenvalue weighted by molar-refractivity contribution is -0.122. The average Bonchev–Trinajstić information content (AvgIpc) is 2.79. The molecule has 0 bridgehead atoms. The van der Waals surface area contributed by atoms with Crippen LogP contribution in [-0.2, 0) is 11.4 Å². The normalized spacial score (nSPS) is 11.1. The quantitative estimate of drug-likeness (QED) is 0.598. The Morgan fingerprint density at radius 1 is 1.03 bits per heavy atom. The third kappa shape index (κ3) is 5.52. The van der Waals surface area contributed by atoms with E-state index in [4.69, 9.17) is 19.5 Å². The molecule has 0 aliphatic rings. The number of methoxy groups -OCH3 is 1. The molecule has 6 heteroatoms. The van der Waals surface area contributed by atoms with Crippen LogP contribution in [0.15, 0.2) is 72.8 Å². The van der Waals surface area contributed by atoms with Crippen molar-refractivity contribution < 1.29 is 19.0 Å². The minimum absolute atomic E-state index is 0.306. The first kappa shape index (κ1) is 20.7. The van der Waals surface area contributed by atoms with Gasteiger partial charge >= 0.3 is 0 Å². The monoisotopic (exact) mass is 402 g/mol. The molecule has 0 aromatic heterocycles. The lowest BCUT2D eigenvalue weighted by Crippen LogP contribution is -2.30. The SMILES string of the molecule is COc1cc(C#N)ccc1OC(C)C(=O)Nc1ccc(OCc2ccccc2)cc1. The summed E-state index contributed by atoms with van der Waals surface area (Å²) < 4.78 is 16.7. The van der Waals surface area contributed by atoms with E-state index in [1.807, 2.05) is 36.4 Å². The highest BCUT2D eigenvalue weighted by molar-refractivity contribution is 5.94. The molecule has 0 saturated heterocycles. The molecule has 0 radical (unpaired) electrons. The van der Waals surface area contributed by atoms with E-state index >= 15 is 0 Å². The van der Waals surface area contributed by atoms with Crippen LogP contribution >= 0.6 is 0 Å². The number of hydrogen-bond acceptors (Lipinski definition) is 5. The maximum absolute atomic E-state index is 12.5. The summed E-state index contributed by atoms with van der Waals surface area (Å²) in [6.45, 7) is 2.12. The van der Waals surface area contributed by atoms with Crippen LogP contribution in [0, 0.1) is 11.3 Å². The summed E-state index contributed by atoms with van der Waals surface area (Å²) in [6, 6.07) is 23.9. The summed E-state index contributed by atoms with van der Waals surface area (Å²) in [6.07, 6.45) is -0.763. The van der Waals surface area contributed by atoms with Crippen molar-refractivity contribution in [3.63, 3.8) is 0 Å². The Morgan fingerprint density at radius 2 is 1.77 bits per heavy atom. The van der Waals surface area contributed by atoms with Crippen molar-refractivity contribution in [1.29, 1.82) is 5.26 Å². The van der Waals surface area contributed by atoms with E-state index in [9.17, 15) is 4.79 Å². The van der Waals surface area contributed by atoms with Gasteiger partial charge in [-0.05, 0) is 48.9 Å². The number of nitrogens with zero attached hydrogens (tertiary/aromatic N) is 1. The Bertz CT molecular complexity index is 1030. The van der Waals surface area contributed by atoms with Crippen LogP contribution in [0.5, 0.6) is 17.2 Å². The molecule has 0 aliphatic heterocycles. The number of rotatable bonds is 8. The zero-order valence-corrected chi connectivity index (χ0v) is 16.8. The summed E-state index contributed by atoms with van der Waals surface area (Å²) in [5.41, 5.74) is 2.17. The highest BCUT2D eigenvalue weighted by Crippen LogP contribution is 2.29. The van der Waals surface area contributed by atoms with Crippen molar-refractivity contribution in [2.45, 2.75) is 19.6 Å². The van der Waals surface area contributed by atoms with Gasteiger partial charge in [0, 0.05) is 11.8 Å². The first-order valence-electron chi connectivity index (χ1n) is 9.41. The van der Waals surface area contributed by atoms with Crippen molar-refractivity contribution in [2.75, 3.05) is 12.4 Å². The molecule has 1 N–H and O–H groups in total. The second-order valence-corrected chi connectivity index (χ2v) is 6.53. The van der Waals surface area contributed by atoms with E-state index in [1.54, 1.807) is 49.4 Å². The van der Waals surface area contributed by atoms with Gasteiger partial charge in [0.05, 0.1) is 18.7 Å². The third-order valence-electron chi connectivity index (χ3n) is 4.34. The maximum Gasteiger partial charge on any atom is 0.265 e. The summed E-state index contributed by atoms with van der Waals surface area (Å²) >= 11 is 0. The number of carbonyl (C=O) groups is 1. The molecule has 1 unspecified atom stereocenters. The van der Waals surface area contributed by atoms with E-state index in [2.05, 4.69) is 5.32 Å². The van der Waals surface area contributed by atoms with Gasteiger partial charge < -0.3 is 19.5 Å². The van der Waals surface area contributed by atoms with Crippen molar-refractivity contribution in [1.82, 2.24) is 0 Å². The number of nitrogens with one attached hydrogen (secondary N) is 1. The maximum atomic E-state index is 12.5. The lowest BCUT2D eigenvalue weighted by Gasteiger charge is -2.17. The Kier molecular flexibility index (Phi) is 6.91. The van der Waals surface area contributed by atoms with Crippen molar-refractivity contribution in [3.8, 4) is 23.3 Å². The fourth-order valence-corrected chi connectivity index (χ4v) is 2.70. The van der Waals surface area contributed by atoms with Crippen LogP contribution in [0.2, 0.25) is 0 Å². The van der Waals surface area contributed by atoms with E-state index in [0.717, 1.165) is 5.56 Å². The number of nitriles is 1. The van der Waals surface area contributed by atoms with Crippen LogP contribution in [0.1, 0.15) is 18.1 Å². The third-order valence-corrected chi connectivity index (χ3v) is 4.34. The smallest absolute Gasteiger partial charge is 0.265 e. The van der Waals surface area contributed by atoms with E-state index in [1.165, 1.54) is 7.11 Å². The van der Waals surface area contributed by atoms with Crippen LogP contribution in [0.25, 0.3) is 0 Å². The summed E-state index contributed by atoms with van der Waals surface area (Å²) in [5, 5.41) is 11.8.